The van der Waals surface area contributed by atoms with Crippen LogP contribution in [0.4, 0.5) is 12.9 Å². The van der Waals surface area contributed by atoms with Gasteiger partial charge in [-0.25, -0.2) is 0 Å². The maximum absolute atomic E-state index is 12.5. The molecule has 8 heteroatoms. The van der Waals surface area contributed by atoms with Crippen molar-refractivity contribution < 1.29 is 78.5 Å². The SMILES string of the molecule is COCCCOCCOc1cccc([B-](F)(F)F)c1.[K+]. The van der Waals surface area contributed by atoms with Crippen LogP contribution in [0.1, 0.15) is 6.42 Å². The molecule has 0 aromatic heterocycles. The van der Waals surface area contributed by atoms with Crippen molar-refractivity contribution in [2.24, 2.45) is 0 Å². The molecule has 1 aromatic rings. The van der Waals surface area contributed by atoms with Gasteiger partial charge in [0.1, 0.15) is 12.4 Å². The number of benzene rings is 1. The second kappa shape index (κ2) is 11.1. The van der Waals surface area contributed by atoms with E-state index in [0.717, 1.165) is 18.6 Å². The van der Waals surface area contributed by atoms with Crippen LogP contribution in [-0.2, 0) is 9.47 Å². The van der Waals surface area contributed by atoms with Gasteiger partial charge in [0.05, 0.1) is 6.61 Å². The van der Waals surface area contributed by atoms with Crippen LogP contribution in [0, 0.1) is 0 Å². The first-order chi connectivity index (χ1) is 9.04. The summed E-state index contributed by atoms with van der Waals surface area (Å²) in [4.78, 5) is 0. The van der Waals surface area contributed by atoms with Gasteiger partial charge >= 0.3 is 58.4 Å². The summed E-state index contributed by atoms with van der Waals surface area (Å²) >= 11 is 0. The Balaban J connectivity index is 0.00000361. The summed E-state index contributed by atoms with van der Waals surface area (Å²) in [5, 5.41) is 0. The second-order valence-electron chi connectivity index (χ2n) is 3.95. The zero-order chi connectivity index (χ0) is 14.1. The molecule has 0 radical (unpaired) electrons. The minimum atomic E-state index is -4.98. The zero-order valence-corrected chi connectivity index (χ0v) is 14.9. The standard InChI is InChI=1S/C12H17BF3O3.K/c1-17-6-3-7-18-8-9-19-12-5-2-4-11(10-12)13(14,15)16;/h2,4-5,10H,3,6-9H2,1H3;/q-1;+1. The predicted octanol–water partition coefficient (Wildman–Crippen LogP) is -0.823. The fourth-order valence-electron chi connectivity index (χ4n) is 1.43. The van der Waals surface area contributed by atoms with Crippen molar-refractivity contribution >= 4 is 12.4 Å². The third-order valence-corrected chi connectivity index (χ3v) is 2.37. The van der Waals surface area contributed by atoms with Crippen LogP contribution in [0.5, 0.6) is 5.75 Å². The molecule has 20 heavy (non-hydrogen) atoms. The van der Waals surface area contributed by atoms with Gasteiger partial charge in [-0.1, -0.05) is 12.1 Å². The monoisotopic (exact) mass is 316 g/mol. The largest absolute Gasteiger partial charge is 1.00 e. The van der Waals surface area contributed by atoms with Crippen molar-refractivity contribution in [2.75, 3.05) is 33.5 Å². The van der Waals surface area contributed by atoms with Gasteiger partial charge in [-0.15, -0.1) is 5.46 Å². The van der Waals surface area contributed by atoms with Gasteiger partial charge in [-0.2, -0.15) is 0 Å². The van der Waals surface area contributed by atoms with E-state index in [1.165, 1.54) is 12.1 Å². The van der Waals surface area contributed by atoms with E-state index in [9.17, 15) is 12.9 Å². The fourth-order valence-corrected chi connectivity index (χ4v) is 1.43. The topological polar surface area (TPSA) is 27.7 Å². The molecule has 0 bridgehead atoms. The van der Waals surface area contributed by atoms with E-state index in [1.807, 2.05) is 0 Å². The van der Waals surface area contributed by atoms with Crippen LogP contribution in [0.15, 0.2) is 24.3 Å². The number of ether oxygens (including phenoxy) is 3. The van der Waals surface area contributed by atoms with Crippen molar-refractivity contribution in [1.82, 2.24) is 0 Å². The van der Waals surface area contributed by atoms with Crippen LogP contribution < -0.4 is 61.6 Å². The molecule has 0 fully saturated rings. The van der Waals surface area contributed by atoms with Crippen molar-refractivity contribution in [3.8, 4) is 5.75 Å². The van der Waals surface area contributed by atoms with Gasteiger partial charge in [0.25, 0.3) is 0 Å². The Morgan fingerprint density at radius 1 is 1.05 bits per heavy atom. The Morgan fingerprint density at radius 2 is 1.80 bits per heavy atom. The third-order valence-electron chi connectivity index (χ3n) is 2.37. The summed E-state index contributed by atoms with van der Waals surface area (Å²) in [6.07, 6.45) is 0.780. The molecule has 3 nitrogen and oxygen atoms in total. The summed E-state index contributed by atoms with van der Waals surface area (Å²) in [5.74, 6) is 0.206. The minimum Gasteiger partial charge on any atom is -0.491 e. The first-order valence-corrected chi connectivity index (χ1v) is 6.03. The first-order valence-electron chi connectivity index (χ1n) is 6.03. The van der Waals surface area contributed by atoms with Gasteiger partial charge in [0, 0.05) is 20.3 Å². The Labute approximate surface area is 159 Å². The Hall–Kier alpha value is 0.431. The molecule has 0 amide bonds. The van der Waals surface area contributed by atoms with E-state index < -0.39 is 12.4 Å². The van der Waals surface area contributed by atoms with Crippen molar-refractivity contribution in [3.05, 3.63) is 24.3 Å². The predicted molar refractivity (Wildman–Crippen MR) is 68.0 cm³/mol. The smallest absolute Gasteiger partial charge is 0.491 e. The van der Waals surface area contributed by atoms with Gasteiger partial charge in [0.15, 0.2) is 0 Å². The molecular formula is C12H17BF3KO3. The summed E-state index contributed by atoms with van der Waals surface area (Å²) in [6.45, 7) is -3.26. The van der Waals surface area contributed by atoms with Crippen LogP contribution in [0.2, 0.25) is 0 Å². The Bertz CT molecular complexity index is 377. The van der Waals surface area contributed by atoms with Crippen LogP contribution in [0.3, 0.4) is 0 Å². The molecule has 108 valence electrons. The van der Waals surface area contributed by atoms with Crippen LogP contribution >= 0.6 is 0 Å². The van der Waals surface area contributed by atoms with Gasteiger partial charge in [-0.05, 0) is 18.6 Å². The summed E-state index contributed by atoms with van der Waals surface area (Å²) in [7, 11) is 1.61. The molecule has 1 aromatic carbocycles. The first kappa shape index (κ1) is 20.4. The molecule has 0 aliphatic rings. The van der Waals surface area contributed by atoms with Gasteiger partial charge in [0.2, 0.25) is 0 Å². The minimum absolute atomic E-state index is 0. The molecule has 0 spiro atoms. The summed E-state index contributed by atoms with van der Waals surface area (Å²) in [6, 6.07) is 4.87. The van der Waals surface area contributed by atoms with Crippen LogP contribution in [0.25, 0.3) is 0 Å². The van der Waals surface area contributed by atoms with Crippen molar-refractivity contribution in [3.63, 3.8) is 0 Å². The Kier molecular flexibility index (Phi) is 11.3. The average molecular weight is 316 g/mol. The number of methoxy groups -OCH3 is 1. The Morgan fingerprint density at radius 3 is 2.45 bits per heavy atom. The second-order valence-corrected chi connectivity index (χ2v) is 3.95. The van der Waals surface area contributed by atoms with Crippen LogP contribution in [-0.4, -0.2) is 40.5 Å². The molecule has 0 aliphatic carbocycles. The normalized spacial score (nSPS) is 11.0. The van der Waals surface area contributed by atoms with E-state index in [4.69, 9.17) is 14.2 Å². The van der Waals surface area contributed by atoms with Gasteiger partial charge < -0.3 is 27.2 Å². The molecule has 0 saturated heterocycles. The number of rotatable bonds is 9. The molecule has 0 N–H and O–H groups in total. The molecule has 0 atom stereocenters. The van der Waals surface area contributed by atoms with Crippen molar-refractivity contribution in [2.45, 2.75) is 6.42 Å². The summed E-state index contributed by atoms with van der Waals surface area (Å²) in [5.41, 5.74) is -0.654. The van der Waals surface area contributed by atoms with E-state index in [2.05, 4.69) is 0 Å². The quantitative estimate of drug-likeness (QED) is 0.440. The number of hydrogen-bond donors (Lipinski definition) is 0. The maximum Gasteiger partial charge on any atom is 1.00 e. The maximum atomic E-state index is 12.5. The van der Waals surface area contributed by atoms with Crippen molar-refractivity contribution in [1.29, 1.82) is 0 Å². The molecule has 0 aliphatic heterocycles. The molecule has 1 rings (SSSR count). The summed E-state index contributed by atoms with van der Waals surface area (Å²) < 4.78 is 52.8. The molecule has 0 saturated carbocycles. The van der Waals surface area contributed by atoms with E-state index >= 15 is 0 Å². The van der Waals surface area contributed by atoms with E-state index in [1.54, 1.807) is 7.11 Å². The number of hydrogen-bond acceptors (Lipinski definition) is 3. The molecular weight excluding hydrogens is 299 g/mol. The van der Waals surface area contributed by atoms with Gasteiger partial charge in [-0.3, -0.25) is 0 Å². The fraction of sp³-hybridized carbons (Fsp3) is 0.500. The molecule has 0 unspecified atom stereocenters. The zero-order valence-electron chi connectivity index (χ0n) is 11.8. The van der Waals surface area contributed by atoms with E-state index in [-0.39, 0.29) is 63.7 Å². The average Bonchev–Trinajstić information content (AvgIpc) is 2.37. The molecule has 0 heterocycles. The van der Waals surface area contributed by atoms with E-state index in [0.29, 0.717) is 19.8 Å². The number of halogens is 3. The third kappa shape index (κ3) is 8.66.